The summed E-state index contributed by atoms with van der Waals surface area (Å²) in [6.45, 7) is 0. The van der Waals surface area contributed by atoms with E-state index in [0.717, 1.165) is 22.9 Å². The van der Waals surface area contributed by atoms with Gasteiger partial charge < -0.3 is 0 Å². The Morgan fingerprint density at radius 3 is 1.92 bits per heavy atom. The molecule has 5 heteroatoms. The molecule has 0 bridgehead atoms. The Morgan fingerprint density at radius 1 is 1.00 bits per heavy atom. The van der Waals surface area contributed by atoms with Crippen molar-refractivity contribution < 1.29 is 0 Å². The largest absolute Gasteiger partial charge is 0.282 e. The van der Waals surface area contributed by atoms with E-state index in [1.165, 1.54) is 0 Å². The molecule has 0 unspecified atom stereocenters. The van der Waals surface area contributed by atoms with Gasteiger partial charge in [-0.25, -0.2) is 0 Å². The van der Waals surface area contributed by atoms with Crippen molar-refractivity contribution in [2.75, 3.05) is 0 Å². The second-order valence-electron chi connectivity index (χ2n) is 2.66. The molecule has 0 aliphatic carbocycles. The van der Waals surface area contributed by atoms with Crippen LogP contribution in [0, 0.1) is 0 Å². The highest BCUT2D eigenvalue weighted by Gasteiger charge is 1.96. The van der Waals surface area contributed by atoms with Gasteiger partial charge in [0.1, 0.15) is 0 Å². The Kier molecular flexibility index (Phi) is 2.66. The summed E-state index contributed by atoms with van der Waals surface area (Å²) in [5.41, 5.74) is 2.31. The molecule has 0 saturated carbocycles. The number of nitrogens with zero attached hydrogens (tertiary/aromatic N) is 2. The van der Waals surface area contributed by atoms with Crippen molar-refractivity contribution in [3.63, 3.8) is 0 Å². The molecule has 0 fully saturated rings. The Morgan fingerprint density at radius 2 is 1.54 bits per heavy atom. The first-order valence-corrected chi connectivity index (χ1v) is 5.15. The topological polar surface area (TPSA) is 57.4 Å². The smallest absolute Gasteiger partial charge is 0.0490 e. The van der Waals surface area contributed by atoms with Gasteiger partial charge in [-0.15, -0.1) is 11.8 Å². The number of nitrogens with one attached hydrogen (secondary N) is 2. The SMILES string of the molecule is c1cc(CSCc2ccn[nH]2)[nH]n1. The van der Waals surface area contributed by atoms with Gasteiger partial charge in [0.15, 0.2) is 0 Å². The van der Waals surface area contributed by atoms with Gasteiger partial charge in [-0.05, 0) is 12.1 Å². The van der Waals surface area contributed by atoms with E-state index in [4.69, 9.17) is 0 Å². The Balaban J connectivity index is 1.76. The van der Waals surface area contributed by atoms with Crippen molar-refractivity contribution in [3.05, 3.63) is 35.9 Å². The zero-order valence-electron chi connectivity index (χ0n) is 7.03. The Bertz CT molecular complexity index is 293. The number of hydrogen-bond donors (Lipinski definition) is 2. The van der Waals surface area contributed by atoms with E-state index in [-0.39, 0.29) is 0 Å². The van der Waals surface area contributed by atoms with Crippen LogP contribution in [-0.4, -0.2) is 20.4 Å². The van der Waals surface area contributed by atoms with Crippen LogP contribution in [-0.2, 0) is 11.5 Å². The van der Waals surface area contributed by atoms with Crippen molar-refractivity contribution in [2.45, 2.75) is 11.5 Å². The predicted molar refractivity (Wildman–Crippen MR) is 52.2 cm³/mol. The number of thioether (sulfide) groups is 1. The van der Waals surface area contributed by atoms with E-state index in [0.29, 0.717) is 0 Å². The van der Waals surface area contributed by atoms with Crippen molar-refractivity contribution in [1.82, 2.24) is 20.4 Å². The number of H-pyrrole nitrogens is 2. The van der Waals surface area contributed by atoms with Crippen molar-refractivity contribution in [2.24, 2.45) is 0 Å². The van der Waals surface area contributed by atoms with Crippen LogP contribution in [0.3, 0.4) is 0 Å². The Labute approximate surface area is 80.1 Å². The fraction of sp³-hybridized carbons (Fsp3) is 0.250. The lowest BCUT2D eigenvalue weighted by molar-refractivity contribution is 1.03. The van der Waals surface area contributed by atoms with Gasteiger partial charge in [0.25, 0.3) is 0 Å². The second-order valence-corrected chi connectivity index (χ2v) is 3.64. The summed E-state index contributed by atoms with van der Waals surface area (Å²) in [6.07, 6.45) is 3.54. The maximum absolute atomic E-state index is 3.88. The summed E-state index contributed by atoms with van der Waals surface area (Å²) in [5, 5.41) is 13.6. The first-order valence-electron chi connectivity index (χ1n) is 3.99. The molecule has 0 spiro atoms. The van der Waals surface area contributed by atoms with E-state index in [2.05, 4.69) is 20.4 Å². The fourth-order valence-corrected chi connectivity index (χ4v) is 1.86. The normalized spacial score (nSPS) is 10.5. The molecule has 0 atom stereocenters. The van der Waals surface area contributed by atoms with E-state index >= 15 is 0 Å². The van der Waals surface area contributed by atoms with Crippen LogP contribution in [0.4, 0.5) is 0 Å². The van der Waals surface area contributed by atoms with Gasteiger partial charge in [-0.2, -0.15) is 10.2 Å². The molecule has 0 saturated heterocycles. The van der Waals surface area contributed by atoms with Crippen LogP contribution in [0.15, 0.2) is 24.5 Å². The van der Waals surface area contributed by atoms with Crippen LogP contribution in [0.25, 0.3) is 0 Å². The summed E-state index contributed by atoms with van der Waals surface area (Å²) in [5.74, 6) is 1.91. The minimum Gasteiger partial charge on any atom is -0.282 e. The summed E-state index contributed by atoms with van der Waals surface area (Å²) in [7, 11) is 0. The second kappa shape index (κ2) is 4.13. The lowest BCUT2D eigenvalue weighted by Gasteiger charge is -1.95. The van der Waals surface area contributed by atoms with E-state index in [9.17, 15) is 0 Å². The molecule has 4 nitrogen and oxygen atoms in total. The summed E-state index contributed by atoms with van der Waals surface area (Å²) in [4.78, 5) is 0. The number of aromatic amines is 2. The number of aromatic nitrogens is 4. The molecule has 0 aliphatic heterocycles. The minimum absolute atomic E-state index is 0.957. The van der Waals surface area contributed by atoms with Crippen LogP contribution in [0.5, 0.6) is 0 Å². The van der Waals surface area contributed by atoms with E-state index < -0.39 is 0 Å². The van der Waals surface area contributed by atoms with Crippen LogP contribution < -0.4 is 0 Å². The molecule has 2 N–H and O–H groups in total. The lowest BCUT2D eigenvalue weighted by atomic mass is 10.5. The van der Waals surface area contributed by atoms with Gasteiger partial charge in [0.05, 0.1) is 0 Å². The van der Waals surface area contributed by atoms with E-state index in [1.54, 1.807) is 12.4 Å². The van der Waals surface area contributed by atoms with Crippen LogP contribution >= 0.6 is 11.8 Å². The average molecular weight is 194 g/mol. The molecule has 2 aromatic heterocycles. The van der Waals surface area contributed by atoms with Gasteiger partial charge in [-0.1, -0.05) is 0 Å². The molecule has 68 valence electrons. The van der Waals surface area contributed by atoms with Gasteiger partial charge >= 0.3 is 0 Å². The highest BCUT2D eigenvalue weighted by atomic mass is 32.2. The quantitative estimate of drug-likeness (QED) is 0.776. The third kappa shape index (κ3) is 2.35. The third-order valence-corrected chi connectivity index (χ3v) is 2.66. The standard InChI is InChI=1S/C8H10N4S/c1-3-9-11-7(1)5-13-6-8-2-4-10-12-8/h1-4H,5-6H2,(H,9,11)(H,10,12). The summed E-state index contributed by atoms with van der Waals surface area (Å²) >= 11 is 1.83. The first-order chi connectivity index (χ1) is 6.45. The van der Waals surface area contributed by atoms with Crippen molar-refractivity contribution in [3.8, 4) is 0 Å². The van der Waals surface area contributed by atoms with Gasteiger partial charge in [0.2, 0.25) is 0 Å². The predicted octanol–water partition coefficient (Wildman–Crippen LogP) is 1.57. The molecule has 2 heterocycles. The molecule has 2 aromatic rings. The average Bonchev–Trinajstić information content (AvgIpc) is 2.75. The maximum atomic E-state index is 3.88. The maximum Gasteiger partial charge on any atom is 0.0490 e. The summed E-state index contributed by atoms with van der Waals surface area (Å²) < 4.78 is 0. The molecule has 0 amide bonds. The monoisotopic (exact) mass is 194 g/mol. The van der Waals surface area contributed by atoms with E-state index in [1.807, 2.05) is 23.9 Å². The lowest BCUT2D eigenvalue weighted by Crippen LogP contribution is -1.84. The van der Waals surface area contributed by atoms with Crippen LogP contribution in [0.2, 0.25) is 0 Å². The number of hydrogen-bond acceptors (Lipinski definition) is 3. The zero-order valence-corrected chi connectivity index (χ0v) is 7.84. The molecule has 0 radical (unpaired) electrons. The van der Waals surface area contributed by atoms with Gasteiger partial charge in [-0.3, -0.25) is 10.2 Å². The molecular formula is C8H10N4S. The Hall–Kier alpha value is -1.23. The van der Waals surface area contributed by atoms with Gasteiger partial charge in [0, 0.05) is 35.3 Å². The highest BCUT2D eigenvalue weighted by Crippen LogP contribution is 2.14. The minimum atomic E-state index is 0.957. The van der Waals surface area contributed by atoms with Crippen LogP contribution in [0.1, 0.15) is 11.4 Å². The van der Waals surface area contributed by atoms with Crippen molar-refractivity contribution in [1.29, 1.82) is 0 Å². The highest BCUT2D eigenvalue weighted by molar-refractivity contribution is 7.97. The molecular weight excluding hydrogens is 184 g/mol. The molecule has 13 heavy (non-hydrogen) atoms. The number of rotatable bonds is 4. The summed E-state index contributed by atoms with van der Waals surface area (Å²) in [6, 6.07) is 3.97. The third-order valence-electron chi connectivity index (χ3n) is 1.63. The fourth-order valence-electron chi connectivity index (χ4n) is 1.00. The van der Waals surface area contributed by atoms with Crippen molar-refractivity contribution >= 4 is 11.8 Å². The molecule has 0 aromatic carbocycles. The molecule has 0 aliphatic rings. The zero-order chi connectivity index (χ0) is 8.93. The molecule has 2 rings (SSSR count). The first kappa shape index (κ1) is 8.37.